The Labute approximate surface area is 154 Å². The van der Waals surface area contributed by atoms with Crippen molar-refractivity contribution in [3.63, 3.8) is 0 Å². The van der Waals surface area contributed by atoms with Crippen molar-refractivity contribution < 1.29 is 14.7 Å². The summed E-state index contributed by atoms with van der Waals surface area (Å²) in [5.41, 5.74) is 10.3. The number of nitrogens with one attached hydrogen (secondary N) is 3. The highest BCUT2D eigenvalue weighted by molar-refractivity contribution is 7.71. The number of nitrogens with zero attached hydrogens (tertiary/aromatic N) is 2. The van der Waals surface area contributed by atoms with Crippen LogP contribution in [0.4, 0.5) is 0 Å². The number of aromatic nitrogens is 2. The molecule has 1 rings (SSSR count). The highest BCUT2D eigenvalue weighted by Crippen LogP contribution is 2.09. The summed E-state index contributed by atoms with van der Waals surface area (Å²) in [6.45, 7) is 0.255. The molecule has 0 aromatic carbocycles. The lowest BCUT2D eigenvalue weighted by molar-refractivity contribution is -0.150. The number of hydrogen-bond donors (Lipinski definition) is 6. The van der Waals surface area contributed by atoms with Gasteiger partial charge in [0.25, 0.3) is 5.56 Å². The van der Waals surface area contributed by atoms with Gasteiger partial charge in [-0.3, -0.25) is 20.0 Å². The molecule has 1 aromatic rings. The molecule has 0 spiro atoms. The zero-order valence-electron chi connectivity index (χ0n) is 14.1. The molecule has 1 atom stereocenters. The van der Waals surface area contributed by atoms with E-state index in [2.05, 4.69) is 10.3 Å². The zero-order valence-corrected chi connectivity index (χ0v) is 14.9. The number of carbonyl (C=O) groups excluding carboxylic acids is 1. The largest absolute Gasteiger partial charge is 0.480 e. The fourth-order valence-corrected chi connectivity index (χ4v) is 2.56. The van der Waals surface area contributed by atoms with Gasteiger partial charge in [0.05, 0.1) is 0 Å². The van der Waals surface area contributed by atoms with Gasteiger partial charge in [-0.2, -0.15) is 0 Å². The quantitative estimate of drug-likeness (QED) is 0.120. The van der Waals surface area contributed by atoms with E-state index >= 15 is 0 Å². The van der Waals surface area contributed by atoms with E-state index in [9.17, 15) is 19.5 Å². The average molecular weight is 385 g/mol. The maximum Gasteiger partial charge on any atom is 0.326 e. The van der Waals surface area contributed by atoms with E-state index < -0.39 is 17.9 Å². The van der Waals surface area contributed by atoms with E-state index in [0.717, 1.165) is 0 Å². The van der Waals surface area contributed by atoms with Crippen molar-refractivity contribution in [1.82, 2.24) is 19.8 Å². The van der Waals surface area contributed by atoms with Crippen LogP contribution >= 0.6 is 12.2 Å². The number of carboxylic acids is 1. The Bertz CT molecular complexity index is 760. The van der Waals surface area contributed by atoms with Crippen molar-refractivity contribution in [2.24, 2.45) is 11.5 Å². The molecule has 0 aliphatic carbocycles. The number of rotatable bonds is 10. The van der Waals surface area contributed by atoms with Gasteiger partial charge in [-0.15, -0.1) is 0 Å². The monoisotopic (exact) mass is 385 g/mol. The second kappa shape index (κ2) is 10.3. The third-order valence-electron chi connectivity index (χ3n) is 3.52. The first-order valence-corrected chi connectivity index (χ1v) is 8.27. The lowest BCUT2D eigenvalue weighted by Gasteiger charge is -2.29. The average Bonchev–Trinajstić information content (AvgIpc) is 2.55. The molecule has 0 fully saturated rings. The predicted octanol–water partition coefficient (Wildman–Crippen LogP) is -1.59. The number of hydrogen-bond acceptors (Lipinski definition) is 6. The first-order valence-electron chi connectivity index (χ1n) is 7.86. The lowest BCUT2D eigenvalue weighted by Crippen LogP contribution is -2.49. The normalized spacial score (nSPS) is 11.6. The minimum atomic E-state index is -1.15. The minimum Gasteiger partial charge on any atom is -0.480 e. The van der Waals surface area contributed by atoms with Crippen LogP contribution in [0.5, 0.6) is 0 Å². The molecule has 12 heteroatoms. The van der Waals surface area contributed by atoms with Crippen LogP contribution in [0.25, 0.3) is 0 Å². The molecule has 0 unspecified atom stereocenters. The van der Waals surface area contributed by atoms with Crippen molar-refractivity contribution in [1.29, 1.82) is 5.41 Å². The third kappa shape index (κ3) is 6.64. The number of aliphatic carboxylic acids is 1. The Balaban J connectivity index is 2.88. The smallest absolute Gasteiger partial charge is 0.326 e. The first kappa shape index (κ1) is 21.3. The molecule has 26 heavy (non-hydrogen) atoms. The van der Waals surface area contributed by atoms with E-state index in [-0.39, 0.29) is 42.3 Å². The summed E-state index contributed by atoms with van der Waals surface area (Å²) in [7, 11) is 0. The predicted molar refractivity (Wildman–Crippen MR) is 97.2 cm³/mol. The number of carbonyl (C=O) groups is 2. The van der Waals surface area contributed by atoms with Crippen LogP contribution in [0.2, 0.25) is 0 Å². The SMILES string of the molecule is N=C(N)NCCC[C@H](C(=O)O)N(CCN)C(=O)Cn1ccc(=O)[nH]c1=S. The Morgan fingerprint density at radius 3 is 2.73 bits per heavy atom. The summed E-state index contributed by atoms with van der Waals surface area (Å²) in [5, 5.41) is 19.1. The van der Waals surface area contributed by atoms with E-state index in [1.807, 2.05) is 0 Å². The van der Waals surface area contributed by atoms with Crippen LogP contribution in [0.3, 0.4) is 0 Å². The Morgan fingerprint density at radius 1 is 1.50 bits per heavy atom. The van der Waals surface area contributed by atoms with Crippen LogP contribution in [-0.4, -0.2) is 63.1 Å². The number of aromatic amines is 1. The number of H-pyrrole nitrogens is 1. The van der Waals surface area contributed by atoms with Crippen molar-refractivity contribution in [2.45, 2.75) is 25.4 Å². The summed E-state index contributed by atoms with van der Waals surface area (Å²) in [6, 6.07) is 0.148. The van der Waals surface area contributed by atoms with E-state index in [4.69, 9.17) is 29.1 Å². The van der Waals surface area contributed by atoms with Crippen molar-refractivity contribution in [2.75, 3.05) is 19.6 Å². The van der Waals surface area contributed by atoms with Crippen LogP contribution in [-0.2, 0) is 16.1 Å². The topological polar surface area (TPSA) is 183 Å². The molecule has 0 radical (unpaired) electrons. The van der Waals surface area contributed by atoms with Crippen LogP contribution in [0.15, 0.2) is 17.1 Å². The van der Waals surface area contributed by atoms with Crippen LogP contribution in [0.1, 0.15) is 12.8 Å². The van der Waals surface area contributed by atoms with Gasteiger partial charge in [-0.25, -0.2) is 4.79 Å². The molecule has 1 amide bonds. The summed E-state index contributed by atoms with van der Waals surface area (Å²) in [6.07, 6.45) is 1.92. The summed E-state index contributed by atoms with van der Waals surface area (Å²) < 4.78 is 1.41. The lowest BCUT2D eigenvalue weighted by atomic mass is 10.1. The van der Waals surface area contributed by atoms with E-state index in [1.54, 1.807) is 0 Å². The van der Waals surface area contributed by atoms with Crippen molar-refractivity contribution >= 4 is 30.1 Å². The molecule has 0 bridgehead atoms. The van der Waals surface area contributed by atoms with Crippen molar-refractivity contribution in [3.05, 3.63) is 27.4 Å². The van der Waals surface area contributed by atoms with Gasteiger partial charge in [0.1, 0.15) is 12.6 Å². The number of guanidine groups is 1. The van der Waals surface area contributed by atoms with Crippen LogP contribution < -0.4 is 22.3 Å². The van der Waals surface area contributed by atoms with Crippen LogP contribution in [0, 0.1) is 10.2 Å². The summed E-state index contributed by atoms with van der Waals surface area (Å²) in [4.78, 5) is 39.0. The van der Waals surface area contributed by atoms with Gasteiger partial charge in [-0.1, -0.05) is 0 Å². The number of nitrogens with two attached hydrogens (primary N) is 2. The Hall–Kier alpha value is -2.73. The maximum absolute atomic E-state index is 12.6. The molecular weight excluding hydrogens is 362 g/mol. The van der Waals surface area contributed by atoms with Gasteiger partial charge in [0, 0.05) is 31.9 Å². The van der Waals surface area contributed by atoms with Crippen molar-refractivity contribution in [3.8, 4) is 0 Å². The van der Waals surface area contributed by atoms with Gasteiger partial charge in [0.15, 0.2) is 10.7 Å². The molecule has 8 N–H and O–H groups in total. The fraction of sp³-hybridized carbons (Fsp3) is 0.500. The highest BCUT2D eigenvalue weighted by Gasteiger charge is 2.28. The first-order chi connectivity index (χ1) is 12.3. The molecule has 11 nitrogen and oxygen atoms in total. The molecule has 0 aliphatic rings. The summed E-state index contributed by atoms with van der Waals surface area (Å²) in [5.74, 6) is -1.84. The second-order valence-electron chi connectivity index (χ2n) is 5.45. The highest BCUT2D eigenvalue weighted by atomic mass is 32.1. The molecule has 0 aliphatic heterocycles. The number of carboxylic acid groups (broad SMARTS) is 1. The Morgan fingerprint density at radius 2 is 2.19 bits per heavy atom. The molecule has 0 saturated heterocycles. The molecule has 0 saturated carbocycles. The number of amides is 1. The van der Waals surface area contributed by atoms with Gasteiger partial charge >= 0.3 is 5.97 Å². The van der Waals surface area contributed by atoms with Gasteiger partial charge in [0.2, 0.25) is 5.91 Å². The standard InChI is InChI=1S/C14H23N7O4S/c15-4-7-21(9(12(24)25)2-1-5-18-13(16)17)11(23)8-20-6-3-10(22)19-14(20)26/h3,6,9H,1-2,4-5,7-8,15H2,(H,24,25)(H4,16,17,18)(H,19,22,26)/t9-/m1/s1. The van der Waals surface area contributed by atoms with Gasteiger partial charge in [-0.05, 0) is 25.1 Å². The third-order valence-corrected chi connectivity index (χ3v) is 3.86. The molecule has 144 valence electrons. The molecular formula is C14H23N7O4S. The molecule has 1 aromatic heterocycles. The minimum absolute atomic E-state index is 0.0621. The second-order valence-corrected chi connectivity index (χ2v) is 5.84. The van der Waals surface area contributed by atoms with E-state index in [1.165, 1.54) is 21.7 Å². The fourth-order valence-electron chi connectivity index (χ4n) is 2.33. The maximum atomic E-state index is 12.6. The summed E-state index contributed by atoms with van der Waals surface area (Å²) >= 11 is 4.99. The molecule has 1 heterocycles. The Kier molecular flexibility index (Phi) is 8.45. The van der Waals surface area contributed by atoms with E-state index in [0.29, 0.717) is 13.0 Å². The zero-order chi connectivity index (χ0) is 19.7. The van der Waals surface area contributed by atoms with Gasteiger partial charge < -0.3 is 31.4 Å².